The van der Waals surface area contributed by atoms with Crippen molar-refractivity contribution in [1.29, 1.82) is 0 Å². The Morgan fingerprint density at radius 2 is 1.64 bits per heavy atom. The standard InChI is InChI=1S/C18H32F3NO6/c1-2-3-4-5-6-7-8-9-10-27-15-13(22-17(26)18(19,20)21)16(25)28-12(11-23)14(15)24/h12-16,23-25H,2-11H2,1H3,(H,22,26)/t12-,13-,14?,15-,16+/m1/s1. The predicted molar refractivity (Wildman–Crippen MR) is 94.3 cm³/mol. The monoisotopic (exact) mass is 415 g/mol. The summed E-state index contributed by atoms with van der Waals surface area (Å²) in [6.07, 6.45) is -2.75. The third-order valence-corrected chi connectivity index (χ3v) is 4.74. The van der Waals surface area contributed by atoms with Gasteiger partial charge in [-0.1, -0.05) is 51.9 Å². The Morgan fingerprint density at radius 1 is 1.07 bits per heavy atom. The molecule has 28 heavy (non-hydrogen) atoms. The van der Waals surface area contributed by atoms with Crippen LogP contribution in [0.4, 0.5) is 13.2 Å². The Hall–Kier alpha value is -0.940. The van der Waals surface area contributed by atoms with Gasteiger partial charge in [0, 0.05) is 6.61 Å². The molecule has 1 aliphatic heterocycles. The van der Waals surface area contributed by atoms with Crippen LogP contribution >= 0.6 is 0 Å². The van der Waals surface area contributed by atoms with Crippen molar-refractivity contribution in [2.45, 2.75) is 95.1 Å². The van der Waals surface area contributed by atoms with Crippen LogP contribution in [0.15, 0.2) is 0 Å². The zero-order valence-corrected chi connectivity index (χ0v) is 16.2. The van der Waals surface area contributed by atoms with E-state index in [0.29, 0.717) is 6.42 Å². The molecule has 1 fully saturated rings. The van der Waals surface area contributed by atoms with Gasteiger partial charge < -0.3 is 30.1 Å². The van der Waals surface area contributed by atoms with Crippen LogP contribution in [0.1, 0.15) is 58.3 Å². The average molecular weight is 415 g/mol. The Kier molecular flexibility index (Phi) is 11.3. The van der Waals surface area contributed by atoms with Crippen molar-refractivity contribution in [1.82, 2.24) is 5.32 Å². The number of carbonyl (C=O) groups is 1. The quantitative estimate of drug-likeness (QED) is 0.361. The number of amides is 1. The lowest BCUT2D eigenvalue weighted by Crippen LogP contribution is -2.66. The summed E-state index contributed by atoms with van der Waals surface area (Å²) in [6, 6.07) is -1.61. The molecule has 0 radical (unpaired) electrons. The maximum atomic E-state index is 12.5. The molecule has 0 bridgehead atoms. The van der Waals surface area contributed by atoms with Gasteiger partial charge in [-0.3, -0.25) is 4.79 Å². The van der Waals surface area contributed by atoms with Gasteiger partial charge in [0.25, 0.3) is 0 Å². The first-order valence-corrected chi connectivity index (χ1v) is 9.84. The highest BCUT2D eigenvalue weighted by molar-refractivity contribution is 5.82. The molecule has 1 aliphatic rings. The normalized spacial score (nSPS) is 28.3. The SMILES string of the molecule is CCCCCCCCCCO[C@H]1C(O)[C@@H](CO)O[C@H](O)[C@@H]1NC(=O)C(F)(F)F. The fraction of sp³-hybridized carbons (Fsp3) is 0.944. The molecule has 10 heteroatoms. The first-order chi connectivity index (χ1) is 13.2. The van der Waals surface area contributed by atoms with Crippen LogP contribution in [-0.4, -0.2) is 71.3 Å². The summed E-state index contributed by atoms with van der Waals surface area (Å²) in [4.78, 5) is 11.2. The van der Waals surface area contributed by atoms with Crippen LogP contribution in [0.25, 0.3) is 0 Å². The first kappa shape index (κ1) is 25.1. The molecule has 0 aromatic heterocycles. The lowest BCUT2D eigenvalue weighted by Gasteiger charge is -2.42. The minimum Gasteiger partial charge on any atom is -0.394 e. The number of aliphatic hydroxyl groups is 3. The van der Waals surface area contributed by atoms with Gasteiger partial charge in [-0.2, -0.15) is 13.2 Å². The fourth-order valence-electron chi connectivity index (χ4n) is 3.13. The van der Waals surface area contributed by atoms with Crippen molar-refractivity contribution in [2.24, 2.45) is 0 Å². The fourth-order valence-corrected chi connectivity index (χ4v) is 3.13. The molecule has 0 aliphatic carbocycles. The van der Waals surface area contributed by atoms with E-state index >= 15 is 0 Å². The molecule has 1 unspecified atom stereocenters. The van der Waals surface area contributed by atoms with Crippen molar-refractivity contribution in [3.8, 4) is 0 Å². The number of carbonyl (C=O) groups excluding carboxylic acids is 1. The second kappa shape index (κ2) is 12.6. The summed E-state index contributed by atoms with van der Waals surface area (Å²) in [6.45, 7) is 1.63. The molecule has 1 saturated heterocycles. The largest absolute Gasteiger partial charge is 0.471 e. The highest BCUT2D eigenvalue weighted by Gasteiger charge is 2.49. The van der Waals surface area contributed by atoms with Gasteiger partial charge in [-0.25, -0.2) is 0 Å². The van der Waals surface area contributed by atoms with Gasteiger partial charge in [0.1, 0.15) is 24.4 Å². The van der Waals surface area contributed by atoms with Crippen LogP contribution in [0, 0.1) is 0 Å². The van der Waals surface area contributed by atoms with Crippen LogP contribution in [-0.2, 0) is 14.3 Å². The summed E-state index contributed by atoms with van der Waals surface area (Å²) < 4.78 is 47.9. The van der Waals surface area contributed by atoms with Gasteiger partial charge in [-0.15, -0.1) is 0 Å². The number of aliphatic hydroxyl groups excluding tert-OH is 3. The Morgan fingerprint density at radius 3 is 2.18 bits per heavy atom. The maximum absolute atomic E-state index is 12.5. The van der Waals surface area contributed by atoms with E-state index in [1.807, 2.05) is 0 Å². The molecule has 1 rings (SSSR count). The molecule has 0 saturated carbocycles. The van der Waals surface area contributed by atoms with Crippen LogP contribution in [0.2, 0.25) is 0 Å². The van der Waals surface area contributed by atoms with Gasteiger partial charge in [0.05, 0.1) is 6.61 Å². The molecule has 166 valence electrons. The van der Waals surface area contributed by atoms with Crippen LogP contribution in [0.5, 0.6) is 0 Å². The number of hydrogen-bond acceptors (Lipinski definition) is 6. The minimum absolute atomic E-state index is 0.139. The smallest absolute Gasteiger partial charge is 0.394 e. The number of hydrogen-bond donors (Lipinski definition) is 4. The number of rotatable bonds is 12. The maximum Gasteiger partial charge on any atom is 0.471 e. The summed E-state index contributed by atoms with van der Waals surface area (Å²) in [5.41, 5.74) is 0. The number of unbranched alkanes of at least 4 members (excludes halogenated alkanes) is 7. The molecule has 0 aromatic carbocycles. The van der Waals surface area contributed by atoms with Crippen molar-refractivity contribution in [3.63, 3.8) is 0 Å². The van der Waals surface area contributed by atoms with E-state index in [9.17, 15) is 33.3 Å². The van der Waals surface area contributed by atoms with Gasteiger partial charge in [0.2, 0.25) is 0 Å². The van der Waals surface area contributed by atoms with E-state index in [1.165, 1.54) is 19.3 Å². The average Bonchev–Trinajstić information content (AvgIpc) is 2.63. The van der Waals surface area contributed by atoms with E-state index in [2.05, 4.69) is 6.92 Å². The van der Waals surface area contributed by atoms with Gasteiger partial charge in [-0.05, 0) is 6.42 Å². The van der Waals surface area contributed by atoms with E-state index in [0.717, 1.165) is 25.7 Å². The molecule has 5 atom stereocenters. The lowest BCUT2D eigenvalue weighted by atomic mass is 9.96. The van der Waals surface area contributed by atoms with E-state index in [4.69, 9.17) is 9.47 Å². The zero-order valence-electron chi connectivity index (χ0n) is 16.2. The van der Waals surface area contributed by atoms with Gasteiger partial charge >= 0.3 is 12.1 Å². The summed E-state index contributed by atoms with van der Waals surface area (Å²) in [5, 5.41) is 30.9. The Bertz CT molecular complexity index is 452. The zero-order chi connectivity index (χ0) is 21.2. The number of halogens is 3. The molecule has 7 nitrogen and oxygen atoms in total. The molecule has 1 heterocycles. The lowest BCUT2D eigenvalue weighted by molar-refractivity contribution is -0.264. The molecular formula is C18H32F3NO6. The Balaban J connectivity index is 2.52. The second-order valence-electron chi connectivity index (χ2n) is 7.05. The summed E-state index contributed by atoms with van der Waals surface area (Å²) >= 11 is 0. The van der Waals surface area contributed by atoms with E-state index in [-0.39, 0.29) is 6.61 Å². The van der Waals surface area contributed by atoms with Gasteiger partial charge in [0.15, 0.2) is 6.29 Å². The number of nitrogens with one attached hydrogen (secondary N) is 1. The summed E-state index contributed by atoms with van der Waals surface area (Å²) in [7, 11) is 0. The molecule has 0 spiro atoms. The second-order valence-corrected chi connectivity index (χ2v) is 7.05. The van der Waals surface area contributed by atoms with Crippen molar-refractivity contribution >= 4 is 5.91 Å². The third kappa shape index (κ3) is 8.20. The highest BCUT2D eigenvalue weighted by atomic mass is 19.4. The van der Waals surface area contributed by atoms with E-state index < -0.39 is 49.3 Å². The van der Waals surface area contributed by atoms with Crippen LogP contribution < -0.4 is 5.32 Å². The highest BCUT2D eigenvalue weighted by Crippen LogP contribution is 2.24. The van der Waals surface area contributed by atoms with Crippen molar-refractivity contribution in [2.75, 3.05) is 13.2 Å². The van der Waals surface area contributed by atoms with Crippen LogP contribution in [0.3, 0.4) is 0 Å². The molecule has 0 aromatic rings. The van der Waals surface area contributed by atoms with Crippen molar-refractivity contribution in [3.05, 3.63) is 0 Å². The third-order valence-electron chi connectivity index (χ3n) is 4.74. The minimum atomic E-state index is -5.15. The molecular weight excluding hydrogens is 383 g/mol. The topological polar surface area (TPSA) is 108 Å². The molecule has 1 amide bonds. The summed E-state index contributed by atoms with van der Waals surface area (Å²) in [5.74, 6) is -2.27. The first-order valence-electron chi connectivity index (χ1n) is 9.84. The molecule has 4 N–H and O–H groups in total. The Labute approximate surface area is 163 Å². The predicted octanol–water partition coefficient (Wildman–Crippen LogP) is 1.63. The van der Waals surface area contributed by atoms with Crippen molar-refractivity contribution < 1.29 is 42.8 Å². The van der Waals surface area contributed by atoms with E-state index in [1.54, 1.807) is 5.32 Å². The number of alkyl halides is 3. The number of ether oxygens (including phenoxy) is 2.